The van der Waals surface area contributed by atoms with Crippen LogP contribution in [-0.2, 0) is 11.3 Å². The fourth-order valence-electron chi connectivity index (χ4n) is 1.68. The smallest absolute Gasteiger partial charge is 0.335 e. The van der Waals surface area contributed by atoms with E-state index in [1.54, 1.807) is 13.8 Å². The molecule has 1 amide bonds. The number of hydrogen-bond donors (Lipinski definition) is 3. The highest BCUT2D eigenvalue weighted by Gasteiger charge is 2.20. The van der Waals surface area contributed by atoms with Gasteiger partial charge < -0.3 is 16.2 Å². The Kier molecular flexibility index (Phi) is 4.61. The van der Waals surface area contributed by atoms with E-state index in [1.165, 1.54) is 12.1 Å². The number of benzene rings is 1. The average Bonchev–Trinajstić information content (AvgIpc) is 2.25. The molecular formula is C13H17FN2O3. The van der Waals surface area contributed by atoms with E-state index < -0.39 is 23.2 Å². The Morgan fingerprint density at radius 2 is 2.05 bits per heavy atom. The first kappa shape index (κ1) is 15.1. The minimum atomic E-state index is -1.11. The monoisotopic (exact) mass is 268 g/mol. The fraction of sp³-hybridized carbons (Fsp3) is 0.385. The van der Waals surface area contributed by atoms with Gasteiger partial charge in [-0.1, -0.05) is 0 Å². The number of carboxylic acid groups (broad SMARTS) is 1. The number of nitrogens with two attached hydrogens (primary N) is 1. The highest BCUT2D eigenvalue weighted by Crippen LogP contribution is 2.14. The minimum absolute atomic E-state index is 0.0194. The van der Waals surface area contributed by atoms with Gasteiger partial charge in [-0.2, -0.15) is 0 Å². The van der Waals surface area contributed by atoms with E-state index in [9.17, 15) is 14.0 Å². The summed E-state index contributed by atoms with van der Waals surface area (Å²) < 4.78 is 13.5. The molecule has 0 fully saturated rings. The first-order valence-electron chi connectivity index (χ1n) is 5.76. The number of amides is 1. The zero-order valence-corrected chi connectivity index (χ0v) is 10.9. The average molecular weight is 268 g/mol. The Morgan fingerprint density at radius 3 is 2.58 bits per heavy atom. The largest absolute Gasteiger partial charge is 0.478 e. The number of nitrogens with one attached hydrogen (secondary N) is 1. The molecule has 6 heteroatoms. The maximum absolute atomic E-state index is 13.5. The van der Waals surface area contributed by atoms with Gasteiger partial charge in [0, 0.05) is 24.1 Å². The van der Waals surface area contributed by atoms with Crippen molar-refractivity contribution in [2.24, 2.45) is 5.73 Å². The van der Waals surface area contributed by atoms with Gasteiger partial charge in [-0.05, 0) is 32.0 Å². The molecule has 0 aliphatic rings. The Morgan fingerprint density at radius 1 is 1.42 bits per heavy atom. The van der Waals surface area contributed by atoms with Gasteiger partial charge in [-0.25, -0.2) is 9.18 Å². The standard InChI is InChI=1S/C13H17FN2O3/c1-13(2,6-11(15)17)16-7-9-5-8(12(18)19)3-4-10(9)14/h3-5,16H,6-7H2,1-2H3,(H2,15,17)(H,18,19). The van der Waals surface area contributed by atoms with Gasteiger partial charge in [-0.15, -0.1) is 0 Å². The summed E-state index contributed by atoms with van der Waals surface area (Å²) in [7, 11) is 0. The molecule has 1 aromatic carbocycles. The van der Waals surface area contributed by atoms with E-state index >= 15 is 0 Å². The summed E-state index contributed by atoms with van der Waals surface area (Å²) in [5.41, 5.74) is 4.78. The van der Waals surface area contributed by atoms with Crippen molar-refractivity contribution in [2.45, 2.75) is 32.4 Å². The molecule has 5 nitrogen and oxygen atoms in total. The normalized spacial score (nSPS) is 11.3. The van der Waals surface area contributed by atoms with Crippen LogP contribution in [0.25, 0.3) is 0 Å². The molecule has 0 spiro atoms. The number of rotatable bonds is 6. The molecule has 0 saturated carbocycles. The van der Waals surface area contributed by atoms with Crippen molar-refractivity contribution in [3.63, 3.8) is 0 Å². The topological polar surface area (TPSA) is 92.4 Å². The second-order valence-corrected chi connectivity index (χ2v) is 4.99. The van der Waals surface area contributed by atoms with E-state index in [0.29, 0.717) is 0 Å². The van der Waals surface area contributed by atoms with Gasteiger partial charge in [-0.3, -0.25) is 4.79 Å². The van der Waals surface area contributed by atoms with Crippen LogP contribution in [0.5, 0.6) is 0 Å². The fourth-order valence-corrected chi connectivity index (χ4v) is 1.68. The number of aromatic carboxylic acids is 1. The second-order valence-electron chi connectivity index (χ2n) is 4.99. The summed E-state index contributed by atoms with van der Waals surface area (Å²) in [6, 6.07) is 3.59. The van der Waals surface area contributed by atoms with Crippen LogP contribution in [0.4, 0.5) is 4.39 Å². The molecule has 0 atom stereocenters. The molecule has 19 heavy (non-hydrogen) atoms. The van der Waals surface area contributed by atoms with Gasteiger partial charge in [0.2, 0.25) is 5.91 Å². The summed E-state index contributed by atoms with van der Waals surface area (Å²) in [6.07, 6.45) is 0.104. The summed E-state index contributed by atoms with van der Waals surface area (Å²) in [6.45, 7) is 3.64. The molecule has 0 unspecified atom stereocenters. The Hall–Kier alpha value is -1.95. The predicted molar refractivity (Wildman–Crippen MR) is 68.1 cm³/mol. The van der Waals surface area contributed by atoms with Crippen LogP contribution < -0.4 is 11.1 Å². The summed E-state index contributed by atoms with van der Waals surface area (Å²) in [5.74, 6) is -2.07. The molecule has 0 heterocycles. The zero-order valence-electron chi connectivity index (χ0n) is 10.9. The number of halogens is 1. The van der Waals surface area contributed by atoms with E-state index in [-0.39, 0.29) is 24.1 Å². The van der Waals surface area contributed by atoms with Crippen molar-refractivity contribution in [3.05, 3.63) is 35.1 Å². The summed E-state index contributed by atoms with van der Waals surface area (Å²) >= 11 is 0. The molecule has 0 bridgehead atoms. The molecule has 0 aliphatic carbocycles. The lowest BCUT2D eigenvalue weighted by Crippen LogP contribution is -2.42. The van der Waals surface area contributed by atoms with Crippen molar-refractivity contribution in [1.29, 1.82) is 0 Å². The molecule has 0 saturated heterocycles. The van der Waals surface area contributed by atoms with Crippen molar-refractivity contribution >= 4 is 11.9 Å². The van der Waals surface area contributed by atoms with Crippen LogP contribution in [0.2, 0.25) is 0 Å². The Bertz CT molecular complexity index is 501. The van der Waals surface area contributed by atoms with E-state index in [0.717, 1.165) is 6.07 Å². The SMILES string of the molecule is CC(C)(CC(N)=O)NCc1cc(C(=O)O)ccc1F. The van der Waals surface area contributed by atoms with Crippen LogP contribution in [0.15, 0.2) is 18.2 Å². The maximum atomic E-state index is 13.5. The van der Waals surface area contributed by atoms with Crippen molar-refractivity contribution in [2.75, 3.05) is 0 Å². The number of hydrogen-bond acceptors (Lipinski definition) is 3. The molecule has 0 radical (unpaired) electrons. The van der Waals surface area contributed by atoms with Gasteiger partial charge in [0.15, 0.2) is 0 Å². The number of primary amides is 1. The third-order valence-corrected chi connectivity index (χ3v) is 2.67. The molecule has 1 aromatic rings. The third kappa shape index (κ3) is 4.67. The number of carbonyl (C=O) groups excluding carboxylic acids is 1. The molecule has 0 aliphatic heterocycles. The van der Waals surface area contributed by atoms with E-state index in [4.69, 9.17) is 10.8 Å². The van der Waals surface area contributed by atoms with Crippen molar-refractivity contribution in [3.8, 4) is 0 Å². The second kappa shape index (κ2) is 5.79. The van der Waals surface area contributed by atoms with Crippen LogP contribution in [-0.4, -0.2) is 22.5 Å². The highest BCUT2D eigenvalue weighted by molar-refractivity contribution is 5.87. The number of carbonyl (C=O) groups is 2. The van der Waals surface area contributed by atoms with Crippen LogP contribution in [0.3, 0.4) is 0 Å². The lowest BCUT2D eigenvalue weighted by Gasteiger charge is -2.25. The lowest BCUT2D eigenvalue weighted by atomic mass is 9.99. The summed E-state index contributed by atoms with van der Waals surface area (Å²) in [4.78, 5) is 21.7. The molecular weight excluding hydrogens is 251 g/mol. The van der Waals surface area contributed by atoms with Gasteiger partial charge in [0.25, 0.3) is 0 Å². The first-order valence-corrected chi connectivity index (χ1v) is 5.76. The van der Waals surface area contributed by atoms with Gasteiger partial charge in [0.1, 0.15) is 5.82 Å². The van der Waals surface area contributed by atoms with Gasteiger partial charge in [0.05, 0.1) is 5.56 Å². The quantitative estimate of drug-likeness (QED) is 0.724. The minimum Gasteiger partial charge on any atom is -0.478 e. The molecule has 1 rings (SSSR count). The van der Waals surface area contributed by atoms with Crippen molar-refractivity contribution < 1.29 is 19.1 Å². The zero-order chi connectivity index (χ0) is 14.6. The lowest BCUT2D eigenvalue weighted by molar-refractivity contribution is -0.119. The molecule has 104 valence electrons. The van der Waals surface area contributed by atoms with Crippen molar-refractivity contribution in [1.82, 2.24) is 5.32 Å². The number of carboxylic acids is 1. The van der Waals surface area contributed by atoms with E-state index in [2.05, 4.69) is 5.32 Å². The molecule has 4 N–H and O–H groups in total. The van der Waals surface area contributed by atoms with Gasteiger partial charge >= 0.3 is 5.97 Å². The van der Waals surface area contributed by atoms with Crippen LogP contribution in [0.1, 0.15) is 36.2 Å². The predicted octanol–water partition coefficient (Wildman–Crippen LogP) is 1.27. The third-order valence-electron chi connectivity index (χ3n) is 2.67. The van der Waals surface area contributed by atoms with Crippen LogP contribution in [0, 0.1) is 5.82 Å². The Balaban J connectivity index is 2.79. The highest BCUT2D eigenvalue weighted by atomic mass is 19.1. The van der Waals surface area contributed by atoms with Crippen LogP contribution >= 0.6 is 0 Å². The molecule has 0 aromatic heterocycles. The summed E-state index contributed by atoms with van der Waals surface area (Å²) in [5, 5.41) is 11.8. The maximum Gasteiger partial charge on any atom is 0.335 e. The Labute approximate surface area is 110 Å². The first-order chi connectivity index (χ1) is 8.71. The van der Waals surface area contributed by atoms with E-state index in [1.807, 2.05) is 0 Å².